The molecule has 6 heteroatoms. The van der Waals surface area contributed by atoms with E-state index in [-0.39, 0.29) is 5.56 Å². The number of nitrogens with one attached hydrogen (secondary N) is 1. The number of H-pyrrole nitrogens is 1. The van der Waals surface area contributed by atoms with E-state index < -0.39 is 0 Å². The number of hydrogen-bond acceptors (Lipinski definition) is 5. The number of fused-ring (bicyclic) bond motifs is 1. The highest BCUT2D eigenvalue weighted by Crippen LogP contribution is 2.26. The molecule has 0 unspecified atom stereocenters. The predicted molar refractivity (Wildman–Crippen MR) is 97.7 cm³/mol. The van der Waals surface area contributed by atoms with Crippen LogP contribution in [0.3, 0.4) is 0 Å². The van der Waals surface area contributed by atoms with E-state index in [1.165, 1.54) is 11.8 Å². The Morgan fingerprint density at radius 1 is 1.16 bits per heavy atom. The van der Waals surface area contributed by atoms with Gasteiger partial charge in [0, 0.05) is 16.9 Å². The van der Waals surface area contributed by atoms with Crippen molar-refractivity contribution >= 4 is 11.8 Å². The van der Waals surface area contributed by atoms with Crippen molar-refractivity contribution in [1.82, 2.24) is 15.0 Å². The Balaban J connectivity index is 1.53. The minimum absolute atomic E-state index is 0.00838. The van der Waals surface area contributed by atoms with Crippen LogP contribution in [0, 0.1) is 6.92 Å². The van der Waals surface area contributed by atoms with E-state index in [2.05, 4.69) is 15.0 Å². The van der Waals surface area contributed by atoms with Gasteiger partial charge in [-0.15, -0.1) is 0 Å². The fourth-order valence-electron chi connectivity index (χ4n) is 3.05. The van der Waals surface area contributed by atoms with E-state index in [9.17, 15) is 4.79 Å². The van der Waals surface area contributed by atoms with Crippen LogP contribution < -0.4 is 5.56 Å². The van der Waals surface area contributed by atoms with Gasteiger partial charge >= 0.3 is 0 Å². The predicted octanol–water partition coefficient (Wildman–Crippen LogP) is 3.90. The number of aryl methyl sites for hydroxylation is 2. The average Bonchev–Trinajstić information content (AvgIpc) is 3.02. The second kappa shape index (κ2) is 6.88. The van der Waals surface area contributed by atoms with Crippen molar-refractivity contribution < 1.29 is 4.42 Å². The maximum absolute atomic E-state index is 12.2. The fraction of sp³-hybridized carbons (Fsp3) is 0.316. The first-order valence-corrected chi connectivity index (χ1v) is 9.46. The Morgan fingerprint density at radius 3 is 2.80 bits per heavy atom. The van der Waals surface area contributed by atoms with Gasteiger partial charge in [-0.2, -0.15) is 0 Å². The molecule has 128 valence electrons. The summed E-state index contributed by atoms with van der Waals surface area (Å²) in [6, 6.07) is 9.85. The molecule has 0 bridgehead atoms. The summed E-state index contributed by atoms with van der Waals surface area (Å²) in [5, 5.41) is 0.661. The number of oxazole rings is 1. The highest BCUT2D eigenvalue weighted by molar-refractivity contribution is 7.98. The third-order valence-corrected chi connectivity index (χ3v) is 5.31. The third kappa shape index (κ3) is 3.39. The average molecular weight is 353 g/mol. The molecular weight excluding hydrogens is 334 g/mol. The molecular formula is C19H19N3O2S. The van der Waals surface area contributed by atoms with Crippen molar-refractivity contribution in [1.29, 1.82) is 0 Å². The van der Waals surface area contributed by atoms with Gasteiger partial charge < -0.3 is 9.40 Å². The summed E-state index contributed by atoms with van der Waals surface area (Å²) >= 11 is 1.49. The number of nitrogens with zero attached hydrogens (tertiary/aromatic N) is 2. The highest BCUT2D eigenvalue weighted by Gasteiger charge is 2.17. The third-order valence-electron chi connectivity index (χ3n) is 4.43. The molecule has 1 aromatic carbocycles. The van der Waals surface area contributed by atoms with Gasteiger partial charge in [0.05, 0.1) is 11.4 Å². The molecule has 4 rings (SSSR count). The van der Waals surface area contributed by atoms with Crippen LogP contribution in [0.5, 0.6) is 0 Å². The smallest absolute Gasteiger partial charge is 0.254 e. The van der Waals surface area contributed by atoms with Gasteiger partial charge in [0.15, 0.2) is 5.16 Å². The SMILES string of the molecule is Cc1oc(-c2ccccc2)nc1CSc1nc2c(c(=O)[nH]1)CCCC2. The lowest BCUT2D eigenvalue weighted by Gasteiger charge is -2.14. The Hall–Kier alpha value is -2.34. The van der Waals surface area contributed by atoms with Crippen LogP contribution in [-0.4, -0.2) is 15.0 Å². The summed E-state index contributed by atoms with van der Waals surface area (Å²) in [6.07, 6.45) is 3.92. The van der Waals surface area contributed by atoms with E-state index in [1.54, 1.807) is 0 Å². The van der Waals surface area contributed by atoms with Gasteiger partial charge in [-0.1, -0.05) is 30.0 Å². The van der Waals surface area contributed by atoms with E-state index in [0.717, 1.165) is 54.0 Å². The lowest BCUT2D eigenvalue weighted by atomic mass is 9.97. The molecule has 1 N–H and O–H groups in total. The molecule has 5 nitrogen and oxygen atoms in total. The van der Waals surface area contributed by atoms with Crippen molar-refractivity contribution in [3.05, 3.63) is 63.4 Å². The van der Waals surface area contributed by atoms with E-state index in [0.29, 0.717) is 16.8 Å². The molecule has 2 heterocycles. The quantitative estimate of drug-likeness (QED) is 0.569. The zero-order chi connectivity index (χ0) is 17.2. The Labute approximate surface area is 149 Å². The van der Waals surface area contributed by atoms with E-state index >= 15 is 0 Å². The summed E-state index contributed by atoms with van der Waals surface area (Å²) in [7, 11) is 0. The van der Waals surface area contributed by atoms with Crippen molar-refractivity contribution in [2.75, 3.05) is 0 Å². The molecule has 3 aromatic rings. The molecule has 2 aromatic heterocycles. The Bertz CT molecular complexity index is 947. The maximum atomic E-state index is 12.2. The van der Waals surface area contributed by atoms with E-state index in [4.69, 9.17) is 4.42 Å². The number of rotatable bonds is 4. The molecule has 0 saturated heterocycles. The van der Waals surface area contributed by atoms with Gasteiger partial charge in [0.1, 0.15) is 5.76 Å². The molecule has 1 aliphatic rings. The van der Waals surface area contributed by atoms with Crippen molar-refractivity contribution in [2.24, 2.45) is 0 Å². The topological polar surface area (TPSA) is 71.8 Å². The van der Waals surface area contributed by atoms with Gasteiger partial charge in [0.25, 0.3) is 5.56 Å². The van der Waals surface area contributed by atoms with Crippen molar-refractivity contribution in [3.63, 3.8) is 0 Å². The molecule has 0 saturated carbocycles. The second-order valence-corrected chi connectivity index (χ2v) is 7.14. The largest absolute Gasteiger partial charge is 0.441 e. The monoisotopic (exact) mass is 353 g/mol. The lowest BCUT2D eigenvalue weighted by Crippen LogP contribution is -2.21. The molecule has 0 radical (unpaired) electrons. The number of aromatic nitrogens is 3. The summed E-state index contributed by atoms with van der Waals surface area (Å²) in [5.74, 6) is 2.04. The van der Waals surface area contributed by atoms with Crippen LogP contribution in [0.1, 0.15) is 35.6 Å². The van der Waals surface area contributed by atoms with Crippen LogP contribution in [-0.2, 0) is 18.6 Å². The van der Waals surface area contributed by atoms with Crippen LogP contribution in [0.4, 0.5) is 0 Å². The van der Waals surface area contributed by atoms with E-state index in [1.807, 2.05) is 37.3 Å². The van der Waals surface area contributed by atoms with Crippen LogP contribution >= 0.6 is 11.8 Å². The summed E-state index contributed by atoms with van der Waals surface area (Å²) < 4.78 is 5.79. The zero-order valence-electron chi connectivity index (χ0n) is 14.0. The summed E-state index contributed by atoms with van der Waals surface area (Å²) in [4.78, 5) is 24.3. The van der Waals surface area contributed by atoms with Gasteiger partial charge in [-0.25, -0.2) is 9.97 Å². The standard InChI is InChI=1S/C19H19N3O2S/c1-12-16(20-18(24-12)13-7-3-2-4-8-13)11-25-19-21-15-10-6-5-9-14(15)17(23)22-19/h2-4,7-8H,5-6,9-11H2,1H3,(H,21,22,23). The minimum Gasteiger partial charge on any atom is -0.441 e. The van der Waals surface area contributed by atoms with Gasteiger partial charge in [-0.05, 0) is 44.7 Å². The number of aromatic amines is 1. The Morgan fingerprint density at radius 2 is 1.96 bits per heavy atom. The zero-order valence-corrected chi connectivity index (χ0v) is 14.9. The van der Waals surface area contributed by atoms with Crippen LogP contribution in [0.15, 0.2) is 44.7 Å². The normalized spacial score (nSPS) is 13.6. The number of thioether (sulfide) groups is 1. The molecule has 0 spiro atoms. The minimum atomic E-state index is 0.00838. The van der Waals surface area contributed by atoms with Crippen molar-refractivity contribution in [3.8, 4) is 11.5 Å². The molecule has 0 aliphatic heterocycles. The first-order chi connectivity index (χ1) is 12.2. The highest BCUT2D eigenvalue weighted by atomic mass is 32.2. The van der Waals surface area contributed by atoms with Crippen LogP contribution in [0.2, 0.25) is 0 Å². The second-order valence-electron chi connectivity index (χ2n) is 6.18. The first kappa shape index (κ1) is 16.1. The van der Waals surface area contributed by atoms with Crippen LogP contribution in [0.25, 0.3) is 11.5 Å². The van der Waals surface area contributed by atoms with Gasteiger partial charge in [-0.3, -0.25) is 4.79 Å². The number of benzene rings is 1. The summed E-state index contributed by atoms with van der Waals surface area (Å²) in [6.45, 7) is 1.92. The first-order valence-electron chi connectivity index (χ1n) is 8.47. The summed E-state index contributed by atoms with van der Waals surface area (Å²) in [5.41, 5.74) is 3.67. The molecule has 0 atom stereocenters. The maximum Gasteiger partial charge on any atom is 0.254 e. The number of hydrogen-bond donors (Lipinski definition) is 1. The van der Waals surface area contributed by atoms with Gasteiger partial charge in [0.2, 0.25) is 5.89 Å². The van der Waals surface area contributed by atoms with Crippen molar-refractivity contribution in [2.45, 2.75) is 43.5 Å². The molecule has 0 fully saturated rings. The lowest BCUT2D eigenvalue weighted by molar-refractivity contribution is 0.540. The Kier molecular flexibility index (Phi) is 4.44. The molecule has 0 amide bonds. The molecule has 1 aliphatic carbocycles. The molecule has 25 heavy (non-hydrogen) atoms. The fourth-order valence-corrected chi connectivity index (χ4v) is 3.93.